The molecule has 5 rings (SSSR count). The maximum Gasteiger partial charge on any atom is 0.409 e. The number of esters is 1. The molecular formula is C49H66N4O12S2. The molecule has 9 atom stereocenters. The van der Waals surface area contributed by atoms with Crippen molar-refractivity contribution in [3.63, 3.8) is 0 Å². The summed E-state index contributed by atoms with van der Waals surface area (Å²) in [5.74, 6) is -2.47. The fraction of sp³-hybridized carbons (Fsp3) is 0.551. The van der Waals surface area contributed by atoms with Crippen LogP contribution in [-0.4, -0.2) is 118 Å². The van der Waals surface area contributed by atoms with Crippen LogP contribution in [0.5, 0.6) is 5.75 Å². The number of anilines is 2. The number of nitrogens with one attached hydrogen (secondary N) is 2. The van der Waals surface area contributed by atoms with Gasteiger partial charge in [-0.25, -0.2) is 9.59 Å². The quantitative estimate of drug-likeness (QED) is 0.0767. The molecule has 16 nitrogen and oxygen atoms in total. The Bertz CT molecular complexity index is 2220. The van der Waals surface area contributed by atoms with Crippen molar-refractivity contribution in [2.24, 2.45) is 5.92 Å². The van der Waals surface area contributed by atoms with E-state index in [4.69, 9.17) is 24.1 Å². The predicted octanol–water partition coefficient (Wildman–Crippen LogP) is 7.67. The van der Waals surface area contributed by atoms with E-state index in [9.17, 15) is 33.9 Å². The largest absolute Gasteiger partial charge is 0.496 e. The molecule has 0 radical (unpaired) electrons. The maximum absolute atomic E-state index is 14.7. The molecule has 2 aromatic carbocycles. The lowest BCUT2D eigenvalue weighted by Crippen LogP contribution is -2.57. The van der Waals surface area contributed by atoms with Crippen LogP contribution in [0.1, 0.15) is 99.0 Å². The van der Waals surface area contributed by atoms with Crippen molar-refractivity contribution in [2.75, 3.05) is 31.4 Å². The number of aliphatic carboxylic acids is 1. The molecule has 2 fully saturated rings. The lowest BCUT2D eigenvalue weighted by atomic mass is 9.84. The second-order valence-corrected chi connectivity index (χ2v) is 21.3. The molecule has 4 amide bonds. The lowest BCUT2D eigenvalue weighted by Gasteiger charge is -2.39. The van der Waals surface area contributed by atoms with E-state index < -0.39 is 65.5 Å². The average molecular weight is 967 g/mol. The minimum atomic E-state index is -1.61. The van der Waals surface area contributed by atoms with Crippen molar-refractivity contribution in [2.45, 2.75) is 146 Å². The number of carboxylic acids is 1. The van der Waals surface area contributed by atoms with Gasteiger partial charge in [0.2, 0.25) is 17.7 Å². The average Bonchev–Trinajstić information content (AvgIpc) is 3.98. The third kappa shape index (κ3) is 14.0. The number of alkyl carbamates (subject to hydrolysis) is 1. The van der Waals surface area contributed by atoms with Crippen LogP contribution < -0.4 is 20.3 Å². The van der Waals surface area contributed by atoms with Crippen molar-refractivity contribution in [3.05, 3.63) is 65.8 Å². The van der Waals surface area contributed by atoms with Gasteiger partial charge in [0.25, 0.3) is 0 Å². The number of ether oxygens (including phenoxy) is 4. The Morgan fingerprint density at radius 2 is 1.72 bits per heavy atom. The molecule has 3 heterocycles. The van der Waals surface area contributed by atoms with E-state index in [-0.39, 0.29) is 48.0 Å². The van der Waals surface area contributed by atoms with Crippen molar-refractivity contribution >= 4 is 68.7 Å². The van der Waals surface area contributed by atoms with Gasteiger partial charge in [0.15, 0.2) is 0 Å². The number of amides is 4. The van der Waals surface area contributed by atoms with Crippen LogP contribution in [0.4, 0.5) is 16.2 Å². The molecule has 2 saturated heterocycles. The van der Waals surface area contributed by atoms with Gasteiger partial charge in [-0.2, -0.15) is 0 Å². The molecule has 0 spiro atoms. The number of methoxy groups -OCH3 is 1. The maximum atomic E-state index is 14.7. The van der Waals surface area contributed by atoms with Crippen molar-refractivity contribution in [3.8, 4) is 16.9 Å². The summed E-state index contributed by atoms with van der Waals surface area (Å²) in [6.45, 7) is 12.4. The number of benzene rings is 2. The normalized spacial score (nSPS) is 26.8. The third-order valence-corrected chi connectivity index (χ3v) is 16.2. The summed E-state index contributed by atoms with van der Waals surface area (Å²) in [6.07, 6.45) is 4.08. The second-order valence-electron chi connectivity index (χ2n) is 18.2. The highest BCUT2D eigenvalue weighted by molar-refractivity contribution is 8.77. The number of carbonyl (C=O) groups is 6. The SMILES string of the molecule is COc1cc2cc(c1-c1ccc(NC(=O)CCC(C)SSC(C)CCC(=O)O)cc1)N(C)C(=O)C[C@H](OC(=O)[C@H](C)N(C)C(C)=O)[C@]1(C)O[C@H]1[C@H](C)[C@@H]1C[C@](O)(C/C=C/C=C(\C)C2)NC(=O)O1. The Hall–Kier alpha value is -5.04. The van der Waals surface area contributed by atoms with Crippen LogP contribution in [0.3, 0.4) is 0 Å². The van der Waals surface area contributed by atoms with E-state index in [1.54, 1.807) is 60.9 Å². The summed E-state index contributed by atoms with van der Waals surface area (Å²) in [4.78, 5) is 80.2. The van der Waals surface area contributed by atoms with Gasteiger partial charge >= 0.3 is 18.0 Å². The number of carboxylic acid groups (broad SMARTS) is 1. The van der Waals surface area contributed by atoms with Crippen LogP contribution >= 0.6 is 21.6 Å². The number of aliphatic hydroxyl groups is 1. The molecule has 4 bridgehead atoms. The first-order valence-electron chi connectivity index (χ1n) is 22.6. The minimum absolute atomic E-state index is 0.0500. The topological polar surface area (TPSA) is 214 Å². The molecule has 0 aliphatic carbocycles. The number of carbonyl (C=O) groups excluding carboxylic acids is 5. The number of likely N-dealkylation sites (N-methyl/N-ethyl adjacent to an activating group) is 1. The number of allylic oxidation sites excluding steroid dienone is 3. The number of hydrogen-bond acceptors (Lipinski definition) is 13. The van der Waals surface area contributed by atoms with E-state index in [1.165, 1.54) is 30.7 Å². The Kier molecular flexibility index (Phi) is 18.0. The molecule has 67 heavy (non-hydrogen) atoms. The summed E-state index contributed by atoms with van der Waals surface area (Å²) in [5.41, 5.74) is 1.35. The van der Waals surface area contributed by atoms with Crippen LogP contribution in [0.15, 0.2) is 60.2 Å². The Morgan fingerprint density at radius 1 is 1.06 bits per heavy atom. The summed E-state index contributed by atoms with van der Waals surface area (Å²) in [6, 6.07) is 10.1. The molecule has 0 saturated carbocycles. The van der Waals surface area contributed by atoms with Gasteiger partial charge < -0.3 is 44.3 Å². The third-order valence-electron chi connectivity index (χ3n) is 12.7. The predicted molar refractivity (Wildman–Crippen MR) is 260 cm³/mol. The molecule has 0 aromatic heterocycles. The van der Waals surface area contributed by atoms with E-state index in [2.05, 4.69) is 10.6 Å². The summed E-state index contributed by atoms with van der Waals surface area (Å²) in [5, 5.41) is 26.4. The first kappa shape index (κ1) is 52.9. The highest BCUT2D eigenvalue weighted by atomic mass is 33.1. The fourth-order valence-corrected chi connectivity index (χ4v) is 10.8. The molecule has 2 unspecified atom stereocenters. The van der Waals surface area contributed by atoms with Crippen LogP contribution in [0, 0.1) is 5.92 Å². The van der Waals surface area contributed by atoms with Crippen LogP contribution in [0.25, 0.3) is 11.1 Å². The molecule has 3 aliphatic rings. The summed E-state index contributed by atoms with van der Waals surface area (Å²) in [7, 11) is 7.96. The van der Waals surface area contributed by atoms with E-state index in [0.29, 0.717) is 53.9 Å². The van der Waals surface area contributed by atoms with Crippen LogP contribution in [0.2, 0.25) is 0 Å². The standard InChI is InChI=1S/C49H66N4O12S2/c1-28-13-11-12-22-49(61)27-39(63-47(60)51-49)31(4)45-48(7,65-45)40(64-46(59)32(5)52(8)33(6)54)26-42(56)53(9)37-24-34(23-28)25-38(62-10)44(37)35-16-18-36(19-17-35)50-41(55)20-14-29(2)66-67-30(3)15-21-43(57)58/h11-13,16-19,24-25,29-32,39-40,45,61H,14-15,20-23,26-27H2,1-10H3,(H,50,55)(H,51,60)(H,57,58)/b12-11+,28-13+/t29?,30?,31-,32+,39+,40+,45+,48+,49-/m1/s1. The van der Waals surface area contributed by atoms with Crippen molar-refractivity contribution in [1.29, 1.82) is 0 Å². The number of rotatable bonds is 15. The second kappa shape index (κ2) is 22.8. The van der Waals surface area contributed by atoms with E-state index >= 15 is 0 Å². The molecule has 18 heteroatoms. The number of epoxide rings is 1. The summed E-state index contributed by atoms with van der Waals surface area (Å²) < 4.78 is 24.1. The molecule has 4 N–H and O–H groups in total. The van der Waals surface area contributed by atoms with Crippen molar-refractivity contribution in [1.82, 2.24) is 10.2 Å². The number of hydrogen-bond donors (Lipinski definition) is 4. The van der Waals surface area contributed by atoms with Gasteiger partial charge in [0, 0.05) is 74.4 Å². The number of nitrogens with zero attached hydrogens (tertiary/aromatic N) is 2. The lowest BCUT2D eigenvalue weighted by molar-refractivity contribution is -0.161. The van der Waals surface area contributed by atoms with E-state index in [0.717, 1.165) is 11.1 Å². The van der Waals surface area contributed by atoms with Gasteiger partial charge in [0.05, 0.1) is 25.3 Å². The monoisotopic (exact) mass is 966 g/mol. The Morgan fingerprint density at radius 3 is 2.34 bits per heavy atom. The first-order valence-corrected chi connectivity index (χ1v) is 24.9. The zero-order chi connectivity index (χ0) is 49.4. The molecule has 2 aromatic rings. The molecule has 366 valence electrons. The van der Waals surface area contributed by atoms with E-state index in [1.807, 2.05) is 64.1 Å². The minimum Gasteiger partial charge on any atom is -0.496 e. The zero-order valence-electron chi connectivity index (χ0n) is 40.1. The molecular weight excluding hydrogens is 901 g/mol. The van der Waals surface area contributed by atoms with Gasteiger partial charge in [0.1, 0.15) is 35.3 Å². The highest BCUT2D eigenvalue weighted by Gasteiger charge is 2.64. The Balaban J connectivity index is 1.46. The fourth-order valence-electron chi connectivity index (χ4n) is 8.23. The van der Waals surface area contributed by atoms with Gasteiger partial charge in [-0.15, -0.1) is 0 Å². The Labute approximate surface area is 401 Å². The smallest absolute Gasteiger partial charge is 0.409 e. The molecule has 3 aliphatic heterocycles. The van der Waals surface area contributed by atoms with Gasteiger partial charge in [-0.3, -0.25) is 24.5 Å². The summed E-state index contributed by atoms with van der Waals surface area (Å²) >= 11 is 0. The van der Waals surface area contributed by atoms with Crippen molar-refractivity contribution < 1.29 is 57.9 Å². The van der Waals surface area contributed by atoms with Gasteiger partial charge in [-0.1, -0.05) is 78.3 Å². The van der Waals surface area contributed by atoms with Gasteiger partial charge in [-0.05, 0) is 75.4 Å². The zero-order valence-corrected chi connectivity index (χ0v) is 41.7. The first-order chi connectivity index (χ1) is 31.5. The van der Waals surface area contributed by atoms with Crippen LogP contribution in [-0.2, 0) is 44.6 Å². The highest BCUT2D eigenvalue weighted by Crippen LogP contribution is 2.49. The number of fused-ring (bicyclic) bond motifs is 5.